The van der Waals surface area contributed by atoms with E-state index in [2.05, 4.69) is 21.2 Å². The number of halogens is 2. The first-order chi connectivity index (χ1) is 12.1. The predicted octanol–water partition coefficient (Wildman–Crippen LogP) is 3.61. The Morgan fingerprint density at radius 1 is 1.15 bits per heavy atom. The van der Waals surface area contributed by atoms with Crippen molar-refractivity contribution in [3.63, 3.8) is 0 Å². The van der Waals surface area contributed by atoms with Crippen LogP contribution in [0.3, 0.4) is 0 Å². The molecule has 2 aromatic carbocycles. The van der Waals surface area contributed by atoms with Gasteiger partial charge >= 0.3 is 0 Å². The minimum Gasteiger partial charge on any atom is -0.324 e. The summed E-state index contributed by atoms with van der Waals surface area (Å²) in [7, 11) is -3.62. The number of aryl methyl sites for hydroxylation is 2. The molecule has 0 aliphatic carbocycles. The molecular formula is C18H20BrFN2O3S. The maximum absolute atomic E-state index is 13.0. The van der Waals surface area contributed by atoms with Gasteiger partial charge in [0.05, 0.1) is 12.8 Å². The predicted molar refractivity (Wildman–Crippen MR) is 104 cm³/mol. The molecule has 0 bridgehead atoms. The van der Waals surface area contributed by atoms with Crippen molar-refractivity contribution in [2.45, 2.75) is 20.4 Å². The van der Waals surface area contributed by atoms with Gasteiger partial charge in [-0.3, -0.25) is 4.79 Å². The van der Waals surface area contributed by atoms with Gasteiger partial charge in [-0.2, -0.15) is 4.31 Å². The third-order valence-corrected chi connectivity index (χ3v) is 5.48. The summed E-state index contributed by atoms with van der Waals surface area (Å²) in [4.78, 5) is 12.4. The van der Waals surface area contributed by atoms with E-state index in [1.165, 1.54) is 24.3 Å². The molecule has 8 heteroatoms. The number of amides is 1. The molecule has 0 radical (unpaired) electrons. The van der Waals surface area contributed by atoms with Crippen molar-refractivity contribution >= 4 is 37.5 Å². The Hall–Kier alpha value is -1.77. The highest BCUT2D eigenvalue weighted by Crippen LogP contribution is 2.25. The van der Waals surface area contributed by atoms with Crippen molar-refractivity contribution in [1.82, 2.24) is 4.31 Å². The van der Waals surface area contributed by atoms with Gasteiger partial charge in [0, 0.05) is 16.7 Å². The van der Waals surface area contributed by atoms with Crippen LogP contribution in [0.5, 0.6) is 0 Å². The molecule has 0 spiro atoms. The van der Waals surface area contributed by atoms with Gasteiger partial charge in [-0.05, 0) is 54.8 Å². The van der Waals surface area contributed by atoms with Crippen molar-refractivity contribution < 1.29 is 17.6 Å². The SMILES string of the molecule is Cc1cc(Br)cc(C)c1NC(=O)CN(Cc1ccc(F)cc1)S(C)(=O)=O. The van der Waals surface area contributed by atoms with E-state index in [0.29, 0.717) is 11.3 Å². The zero-order valence-corrected chi connectivity index (χ0v) is 17.1. The lowest BCUT2D eigenvalue weighted by molar-refractivity contribution is -0.116. The lowest BCUT2D eigenvalue weighted by Crippen LogP contribution is -2.37. The number of benzene rings is 2. The van der Waals surface area contributed by atoms with E-state index < -0.39 is 21.7 Å². The lowest BCUT2D eigenvalue weighted by Gasteiger charge is -2.20. The third-order valence-electron chi connectivity index (χ3n) is 3.82. The standard InChI is InChI=1S/C18H20BrFN2O3S/c1-12-8-15(19)9-13(2)18(12)21-17(23)11-22(26(3,24)25)10-14-4-6-16(20)7-5-14/h4-9H,10-11H2,1-3H3,(H,21,23). The van der Waals surface area contributed by atoms with Gasteiger partial charge in [0.15, 0.2) is 0 Å². The van der Waals surface area contributed by atoms with Gasteiger partial charge in [-0.25, -0.2) is 12.8 Å². The average Bonchev–Trinajstić information content (AvgIpc) is 2.51. The number of nitrogens with one attached hydrogen (secondary N) is 1. The topological polar surface area (TPSA) is 66.5 Å². The number of anilines is 1. The quantitative estimate of drug-likeness (QED) is 0.742. The summed E-state index contributed by atoms with van der Waals surface area (Å²) in [6.45, 7) is 3.39. The molecule has 0 heterocycles. The normalized spacial score (nSPS) is 11.6. The molecule has 0 atom stereocenters. The largest absolute Gasteiger partial charge is 0.324 e. The molecular weight excluding hydrogens is 423 g/mol. The Morgan fingerprint density at radius 3 is 2.19 bits per heavy atom. The molecule has 2 rings (SSSR count). The van der Waals surface area contributed by atoms with E-state index in [1.807, 2.05) is 26.0 Å². The van der Waals surface area contributed by atoms with Crippen molar-refractivity contribution in [1.29, 1.82) is 0 Å². The molecule has 5 nitrogen and oxygen atoms in total. The van der Waals surface area contributed by atoms with Gasteiger partial charge in [0.1, 0.15) is 5.82 Å². The Balaban J connectivity index is 2.16. The van der Waals surface area contributed by atoms with Gasteiger partial charge in [0.2, 0.25) is 15.9 Å². The summed E-state index contributed by atoms with van der Waals surface area (Å²) in [5.41, 5.74) is 3.00. The zero-order valence-electron chi connectivity index (χ0n) is 14.7. The number of carbonyl (C=O) groups excluding carboxylic acids is 1. The fourth-order valence-corrected chi connectivity index (χ4v) is 3.95. The minimum absolute atomic E-state index is 0.00909. The maximum Gasteiger partial charge on any atom is 0.239 e. The van der Waals surface area contributed by atoms with Crippen LogP contribution in [0, 0.1) is 19.7 Å². The fraction of sp³-hybridized carbons (Fsp3) is 0.278. The van der Waals surface area contributed by atoms with Crippen molar-refractivity contribution in [2.75, 3.05) is 18.1 Å². The van der Waals surface area contributed by atoms with E-state index in [4.69, 9.17) is 0 Å². The third kappa shape index (κ3) is 5.62. The number of hydrogen-bond acceptors (Lipinski definition) is 3. The van der Waals surface area contributed by atoms with Crippen molar-refractivity contribution in [2.24, 2.45) is 0 Å². The van der Waals surface area contributed by atoms with E-state index in [0.717, 1.165) is 26.2 Å². The molecule has 2 aromatic rings. The van der Waals surface area contributed by atoms with Crippen LogP contribution in [0.25, 0.3) is 0 Å². The Kier molecular flexibility index (Phi) is 6.54. The van der Waals surface area contributed by atoms with Crippen LogP contribution >= 0.6 is 15.9 Å². The first-order valence-corrected chi connectivity index (χ1v) is 10.5. The van der Waals surface area contributed by atoms with Gasteiger partial charge < -0.3 is 5.32 Å². The van der Waals surface area contributed by atoms with Crippen LogP contribution in [0.1, 0.15) is 16.7 Å². The first-order valence-electron chi connectivity index (χ1n) is 7.82. The smallest absolute Gasteiger partial charge is 0.239 e. The minimum atomic E-state index is -3.62. The van der Waals surface area contributed by atoms with Crippen LogP contribution in [0.15, 0.2) is 40.9 Å². The molecule has 0 fully saturated rings. The average molecular weight is 443 g/mol. The second-order valence-corrected chi connectivity index (χ2v) is 9.02. The Labute approximate surface area is 161 Å². The fourth-order valence-electron chi connectivity index (χ4n) is 2.53. The van der Waals surface area contributed by atoms with Crippen LogP contribution < -0.4 is 5.32 Å². The van der Waals surface area contributed by atoms with Gasteiger partial charge in [-0.15, -0.1) is 0 Å². The summed E-state index contributed by atoms with van der Waals surface area (Å²) in [5, 5.41) is 2.78. The van der Waals surface area contributed by atoms with Crippen LogP contribution in [-0.2, 0) is 21.4 Å². The Morgan fingerprint density at radius 2 is 1.69 bits per heavy atom. The highest BCUT2D eigenvalue weighted by atomic mass is 79.9. The van der Waals surface area contributed by atoms with Crippen molar-refractivity contribution in [3.8, 4) is 0 Å². The van der Waals surface area contributed by atoms with Crippen LogP contribution in [0.2, 0.25) is 0 Å². The molecule has 0 aliphatic rings. The Bertz CT molecular complexity index is 892. The molecule has 0 saturated heterocycles. The molecule has 0 aromatic heterocycles. The summed E-state index contributed by atoms with van der Waals surface area (Å²) in [5.74, 6) is -0.843. The van der Waals surface area contributed by atoms with E-state index in [-0.39, 0.29) is 13.1 Å². The molecule has 0 unspecified atom stereocenters. The monoisotopic (exact) mass is 442 g/mol. The zero-order chi connectivity index (χ0) is 19.5. The number of hydrogen-bond donors (Lipinski definition) is 1. The number of rotatable bonds is 6. The molecule has 140 valence electrons. The summed E-state index contributed by atoms with van der Waals surface area (Å²) in [6, 6.07) is 9.24. The van der Waals surface area contributed by atoms with E-state index >= 15 is 0 Å². The molecule has 0 aliphatic heterocycles. The number of sulfonamides is 1. The van der Waals surface area contributed by atoms with E-state index in [9.17, 15) is 17.6 Å². The highest BCUT2D eigenvalue weighted by Gasteiger charge is 2.21. The van der Waals surface area contributed by atoms with Crippen LogP contribution in [-0.4, -0.2) is 31.4 Å². The number of nitrogens with zero attached hydrogens (tertiary/aromatic N) is 1. The summed E-state index contributed by atoms with van der Waals surface area (Å²) >= 11 is 3.39. The van der Waals surface area contributed by atoms with Crippen molar-refractivity contribution in [3.05, 3.63) is 63.4 Å². The second-order valence-electron chi connectivity index (χ2n) is 6.12. The first kappa shape index (κ1) is 20.5. The lowest BCUT2D eigenvalue weighted by atomic mass is 10.1. The second kappa shape index (κ2) is 8.28. The van der Waals surface area contributed by atoms with Gasteiger partial charge in [0.25, 0.3) is 0 Å². The highest BCUT2D eigenvalue weighted by molar-refractivity contribution is 9.10. The summed E-state index contributed by atoms with van der Waals surface area (Å²) < 4.78 is 39.0. The van der Waals surface area contributed by atoms with Crippen LogP contribution in [0.4, 0.5) is 10.1 Å². The molecule has 1 amide bonds. The van der Waals surface area contributed by atoms with E-state index in [1.54, 1.807) is 0 Å². The van der Waals surface area contributed by atoms with Gasteiger partial charge in [-0.1, -0.05) is 28.1 Å². The summed E-state index contributed by atoms with van der Waals surface area (Å²) in [6.07, 6.45) is 1.04. The molecule has 26 heavy (non-hydrogen) atoms. The maximum atomic E-state index is 13.0. The number of carbonyl (C=O) groups is 1. The molecule has 0 saturated carbocycles. The molecule has 1 N–H and O–H groups in total.